The lowest BCUT2D eigenvalue weighted by Gasteiger charge is -2.37. The summed E-state index contributed by atoms with van der Waals surface area (Å²) in [6, 6.07) is 1.60. The Hall–Kier alpha value is -0.620. The number of thiophene rings is 1. The Labute approximate surface area is 118 Å². The van der Waals surface area contributed by atoms with E-state index in [-0.39, 0.29) is 30.5 Å². The fraction of sp³-hybridized carbons (Fsp3) is 0.583. The number of nitrogens with zero attached hydrogens (tertiary/aromatic N) is 1. The number of carbonyl (C=O) groups excluding carboxylic acids is 1. The SMILES string of the molecule is CC1CN(C(=O)[C@@H](C)N)CC(c2ccsc2)O1.Cl. The Bertz CT molecular complexity index is 383. The first-order valence-corrected chi connectivity index (χ1v) is 6.74. The molecule has 2 N–H and O–H groups in total. The number of morpholine rings is 1. The standard InChI is InChI=1S/C12H18N2O2S.ClH/c1-8-5-14(12(15)9(2)13)6-11(16-8)10-3-4-17-7-10;/h3-4,7-9,11H,5-6,13H2,1-2H3;1H/t8?,9-,11?;/m1./s1. The second-order valence-corrected chi connectivity index (χ2v) is 5.30. The maximum Gasteiger partial charge on any atom is 0.239 e. The number of nitrogens with two attached hydrogens (primary N) is 1. The van der Waals surface area contributed by atoms with E-state index in [4.69, 9.17) is 10.5 Å². The number of halogens is 1. The van der Waals surface area contributed by atoms with Gasteiger partial charge in [-0.3, -0.25) is 4.79 Å². The molecule has 1 aromatic heterocycles. The predicted molar refractivity (Wildman–Crippen MR) is 75.1 cm³/mol. The minimum Gasteiger partial charge on any atom is -0.367 e. The molecule has 2 unspecified atom stereocenters. The van der Waals surface area contributed by atoms with Crippen LogP contribution in [0.4, 0.5) is 0 Å². The van der Waals surface area contributed by atoms with Gasteiger partial charge in [-0.15, -0.1) is 12.4 Å². The van der Waals surface area contributed by atoms with Crippen molar-refractivity contribution in [1.82, 2.24) is 4.90 Å². The summed E-state index contributed by atoms with van der Waals surface area (Å²) in [6.45, 7) is 4.94. The fourth-order valence-electron chi connectivity index (χ4n) is 2.06. The summed E-state index contributed by atoms with van der Waals surface area (Å²) in [6.07, 6.45) is 0.0315. The predicted octanol–water partition coefficient (Wildman–Crippen LogP) is 1.81. The highest BCUT2D eigenvalue weighted by molar-refractivity contribution is 7.07. The van der Waals surface area contributed by atoms with Crippen LogP contribution in [0.1, 0.15) is 25.5 Å². The molecule has 0 spiro atoms. The number of carbonyl (C=O) groups is 1. The third-order valence-corrected chi connectivity index (χ3v) is 3.58. The number of amides is 1. The highest BCUT2D eigenvalue weighted by Crippen LogP contribution is 2.26. The van der Waals surface area contributed by atoms with Crippen LogP contribution >= 0.6 is 23.7 Å². The van der Waals surface area contributed by atoms with Gasteiger partial charge in [0.15, 0.2) is 0 Å². The van der Waals surface area contributed by atoms with Gasteiger partial charge in [0.25, 0.3) is 0 Å². The van der Waals surface area contributed by atoms with E-state index in [9.17, 15) is 4.79 Å². The summed E-state index contributed by atoms with van der Waals surface area (Å²) >= 11 is 1.64. The molecule has 0 bridgehead atoms. The van der Waals surface area contributed by atoms with E-state index in [0.717, 1.165) is 5.56 Å². The van der Waals surface area contributed by atoms with Crippen molar-refractivity contribution in [3.63, 3.8) is 0 Å². The van der Waals surface area contributed by atoms with Crippen molar-refractivity contribution >= 4 is 29.7 Å². The zero-order valence-electron chi connectivity index (χ0n) is 10.5. The first kappa shape index (κ1) is 15.4. The summed E-state index contributed by atoms with van der Waals surface area (Å²) in [4.78, 5) is 13.7. The van der Waals surface area contributed by atoms with Gasteiger partial charge < -0.3 is 15.4 Å². The third-order valence-electron chi connectivity index (χ3n) is 2.88. The van der Waals surface area contributed by atoms with Gasteiger partial charge in [-0.25, -0.2) is 0 Å². The summed E-state index contributed by atoms with van der Waals surface area (Å²) < 4.78 is 5.86. The summed E-state index contributed by atoms with van der Waals surface area (Å²) in [5.41, 5.74) is 6.79. The molecule has 0 radical (unpaired) electrons. The van der Waals surface area contributed by atoms with E-state index in [1.165, 1.54) is 0 Å². The Morgan fingerprint density at radius 3 is 2.89 bits per heavy atom. The number of hydrogen-bond donors (Lipinski definition) is 1. The van der Waals surface area contributed by atoms with Crippen LogP contribution in [0, 0.1) is 0 Å². The molecule has 1 aromatic rings. The lowest BCUT2D eigenvalue weighted by molar-refractivity contribution is -0.145. The minimum atomic E-state index is -0.441. The molecule has 4 nitrogen and oxygen atoms in total. The molecule has 1 amide bonds. The quantitative estimate of drug-likeness (QED) is 0.904. The molecule has 1 saturated heterocycles. The molecule has 0 saturated carbocycles. The lowest BCUT2D eigenvalue weighted by Crippen LogP contribution is -2.50. The van der Waals surface area contributed by atoms with Gasteiger partial charge in [0.2, 0.25) is 5.91 Å². The van der Waals surface area contributed by atoms with Crippen molar-refractivity contribution in [3.8, 4) is 0 Å². The van der Waals surface area contributed by atoms with Crippen molar-refractivity contribution < 1.29 is 9.53 Å². The van der Waals surface area contributed by atoms with Gasteiger partial charge in [-0.2, -0.15) is 11.3 Å². The Balaban J connectivity index is 0.00000162. The number of ether oxygens (including phenoxy) is 1. The highest BCUT2D eigenvalue weighted by Gasteiger charge is 2.30. The molecule has 0 aromatic carbocycles. The van der Waals surface area contributed by atoms with Gasteiger partial charge >= 0.3 is 0 Å². The zero-order valence-corrected chi connectivity index (χ0v) is 12.2. The Morgan fingerprint density at radius 1 is 1.61 bits per heavy atom. The number of hydrogen-bond acceptors (Lipinski definition) is 4. The van der Waals surface area contributed by atoms with Crippen LogP contribution in [-0.2, 0) is 9.53 Å². The molecule has 1 aliphatic heterocycles. The average Bonchev–Trinajstić information content (AvgIpc) is 2.80. The second-order valence-electron chi connectivity index (χ2n) is 4.52. The topological polar surface area (TPSA) is 55.6 Å². The van der Waals surface area contributed by atoms with Crippen molar-refractivity contribution in [2.75, 3.05) is 13.1 Å². The molecule has 1 aliphatic rings. The Kier molecular flexibility index (Phi) is 5.59. The maximum atomic E-state index is 11.9. The van der Waals surface area contributed by atoms with Crippen LogP contribution in [0.2, 0.25) is 0 Å². The van der Waals surface area contributed by atoms with Crippen molar-refractivity contribution in [1.29, 1.82) is 0 Å². The molecule has 0 aliphatic carbocycles. The first-order valence-electron chi connectivity index (χ1n) is 5.80. The van der Waals surface area contributed by atoms with E-state index in [1.807, 2.05) is 18.4 Å². The van der Waals surface area contributed by atoms with E-state index < -0.39 is 6.04 Å². The zero-order chi connectivity index (χ0) is 12.4. The minimum absolute atomic E-state index is 0. The first-order chi connectivity index (χ1) is 8.08. The van der Waals surface area contributed by atoms with Crippen LogP contribution in [0.25, 0.3) is 0 Å². The van der Waals surface area contributed by atoms with Crippen LogP contribution in [-0.4, -0.2) is 36.0 Å². The average molecular weight is 291 g/mol. The van der Waals surface area contributed by atoms with Gasteiger partial charge in [-0.1, -0.05) is 0 Å². The van der Waals surface area contributed by atoms with Crippen LogP contribution in [0.15, 0.2) is 16.8 Å². The second kappa shape index (κ2) is 6.52. The molecule has 1 fully saturated rings. The van der Waals surface area contributed by atoms with Gasteiger partial charge in [0, 0.05) is 6.54 Å². The maximum absolute atomic E-state index is 11.9. The summed E-state index contributed by atoms with van der Waals surface area (Å²) in [5.74, 6) is 0.000351. The summed E-state index contributed by atoms with van der Waals surface area (Å²) in [5, 5.41) is 4.09. The fourth-order valence-corrected chi connectivity index (χ4v) is 2.76. The molecule has 6 heteroatoms. The molecule has 2 heterocycles. The normalized spacial score (nSPS) is 25.4. The van der Waals surface area contributed by atoms with E-state index in [1.54, 1.807) is 23.2 Å². The van der Waals surface area contributed by atoms with Crippen LogP contribution < -0.4 is 5.73 Å². The van der Waals surface area contributed by atoms with Gasteiger partial charge in [-0.05, 0) is 36.2 Å². The molecule has 3 atom stereocenters. The van der Waals surface area contributed by atoms with E-state index in [2.05, 4.69) is 5.38 Å². The van der Waals surface area contributed by atoms with Crippen LogP contribution in [0.5, 0.6) is 0 Å². The molecular weight excluding hydrogens is 272 g/mol. The van der Waals surface area contributed by atoms with Crippen molar-refractivity contribution in [2.45, 2.75) is 32.1 Å². The lowest BCUT2D eigenvalue weighted by atomic mass is 10.1. The van der Waals surface area contributed by atoms with Crippen molar-refractivity contribution in [3.05, 3.63) is 22.4 Å². The largest absolute Gasteiger partial charge is 0.367 e. The van der Waals surface area contributed by atoms with Gasteiger partial charge in [0.1, 0.15) is 6.10 Å². The molecular formula is C12H19ClN2O2S. The summed E-state index contributed by atoms with van der Waals surface area (Å²) in [7, 11) is 0. The molecule has 102 valence electrons. The van der Waals surface area contributed by atoms with Crippen molar-refractivity contribution in [2.24, 2.45) is 5.73 Å². The van der Waals surface area contributed by atoms with E-state index >= 15 is 0 Å². The molecule has 18 heavy (non-hydrogen) atoms. The highest BCUT2D eigenvalue weighted by atomic mass is 35.5. The van der Waals surface area contributed by atoms with E-state index in [0.29, 0.717) is 13.1 Å². The monoisotopic (exact) mass is 290 g/mol. The molecule has 2 rings (SSSR count). The smallest absolute Gasteiger partial charge is 0.239 e. The Morgan fingerprint density at radius 2 is 2.33 bits per heavy atom. The third kappa shape index (κ3) is 3.45. The van der Waals surface area contributed by atoms with Gasteiger partial charge in [0.05, 0.1) is 18.7 Å². The van der Waals surface area contributed by atoms with Crippen LogP contribution in [0.3, 0.4) is 0 Å². The number of rotatable bonds is 2.